The van der Waals surface area contributed by atoms with Gasteiger partial charge in [0.15, 0.2) is 0 Å². The largest absolute Gasteiger partial charge is 0.480 e. The smallest absolute Gasteiger partial charge is 0.417 e. The fourth-order valence-electron chi connectivity index (χ4n) is 4.13. The molecule has 3 aromatic carbocycles. The van der Waals surface area contributed by atoms with Gasteiger partial charge in [0.2, 0.25) is 0 Å². The molecule has 10 nitrogen and oxygen atoms in total. The van der Waals surface area contributed by atoms with Crippen molar-refractivity contribution in [2.75, 3.05) is 11.9 Å². The van der Waals surface area contributed by atoms with Gasteiger partial charge in [-0.1, -0.05) is 65.7 Å². The summed E-state index contributed by atoms with van der Waals surface area (Å²) < 4.78 is 5.16. The Kier molecular flexibility index (Phi) is 8.90. The number of carbonyl (C=O) groups excluding carboxylic acids is 3. The fraction of sp³-hybridized carbons (Fsp3) is 0.185. The summed E-state index contributed by atoms with van der Waals surface area (Å²) in [5, 5.41) is 19.4. The quantitative estimate of drug-likeness (QED) is 0.263. The highest BCUT2D eigenvalue weighted by Gasteiger charge is 2.27. The van der Waals surface area contributed by atoms with Crippen LogP contribution < -0.4 is 26.0 Å². The lowest BCUT2D eigenvalue weighted by molar-refractivity contribution is -0.139. The van der Waals surface area contributed by atoms with Crippen LogP contribution in [0.3, 0.4) is 0 Å². The third-order valence-corrected chi connectivity index (χ3v) is 6.72. The van der Waals surface area contributed by atoms with Crippen LogP contribution in [0.25, 0.3) is 0 Å². The lowest BCUT2D eigenvalue weighted by Crippen LogP contribution is -2.50. The molecule has 0 aliphatic heterocycles. The monoisotopic (exact) mass is 570 g/mol. The van der Waals surface area contributed by atoms with Gasteiger partial charge in [-0.05, 0) is 48.2 Å². The molecule has 0 heterocycles. The highest BCUT2D eigenvalue weighted by Crippen LogP contribution is 2.32. The molecular formula is C27H24Cl2N4O6. The summed E-state index contributed by atoms with van der Waals surface area (Å²) in [6.45, 7) is -0.405. The van der Waals surface area contributed by atoms with Crippen molar-refractivity contribution in [2.24, 2.45) is 0 Å². The summed E-state index contributed by atoms with van der Waals surface area (Å²) >= 11 is 12.5. The summed E-state index contributed by atoms with van der Waals surface area (Å²) in [4.78, 5) is 49.5. The number of anilines is 1. The van der Waals surface area contributed by atoms with Crippen molar-refractivity contribution in [3.8, 4) is 5.75 Å². The molecule has 0 spiro atoms. The SMILES string of the molecule is O=C(NCC(NC(=O)c1c(Cl)ccc(NC(=O)Oc2ccccc2)c1Cl)C(=O)O)NC1CCc2ccccc21. The molecule has 39 heavy (non-hydrogen) atoms. The summed E-state index contributed by atoms with van der Waals surface area (Å²) in [7, 11) is 0. The first kappa shape index (κ1) is 27.7. The number of nitrogens with one attached hydrogen (secondary N) is 4. The number of amides is 4. The normalized spacial score (nSPS) is 14.5. The molecule has 1 aliphatic rings. The molecule has 4 rings (SSSR count). The molecule has 2 unspecified atom stereocenters. The molecule has 4 amide bonds. The number of para-hydroxylation sites is 1. The molecule has 0 saturated heterocycles. The fourth-order valence-corrected chi connectivity index (χ4v) is 4.72. The number of carboxylic acid groups (broad SMARTS) is 1. The molecule has 12 heteroatoms. The Morgan fingerprint density at radius 3 is 2.44 bits per heavy atom. The predicted octanol–water partition coefficient (Wildman–Crippen LogP) is 4.77. The molecule has 0 saturated carbocycles. The number of urea groups is 1. The van der Waals surface area contributed by atoms with Crippen molar-refractivity contribution < 1.29 is 29.0 Å². The summed E-state index contributed by atoms with van der Waals surface area (Å²) in [5.41, 5.74) is 1.93. The van der Waals surface area contributed by atoms with Crippen molar-refractivity contribution in [1.29, 1.82) is 0 Å². The van der Waals surface area contributed by atoms with Crippen LogP contribution >= 0.6 is 23.2 Å². The van der Waals surface area contributed by atoms with Gasteiger partial charge in [0.25, 0.3) is 5.91 Å². The molecule has 0 bridgehead atoms. The van der Waals surface area contributed by atoms with Crippen molar-refractivity contribution in [3.63, 3.8) is 0 Å². The lowest BCUT2D eigenvalue weighted by Gasteiger charge is -2.19. The number of carboxylic acids is 1. The van der Waals surface area contributed by atoms with Crippen LogP contribution in [-0.2, 0) is 11.2 Å². The molecule has 5 N–H and O–H groups in total. The summed E-state index contributed by atoms with van der Waals surface area (Å²) in [5.74, 6) is -2.01. The van der Waals surface area contributed by atoms with E-state index in [9.17, 15) is 24.3 Å². The van der Waals surface area contributed by atoms with Crippen LogP contribution in [0.4, 0.5) is 15.3 Å². The minimum atomic E-state index is -1.49. The number of halogens is 2. The van der Waals surface area contributed by atoms with Crippen molar-refractivity contribution in [1.82, 2.24) is 16.0 Å². The van der Waals surface area contributed by atoms with Gasteiger partial charge in [0, 0.05) is 0 Å². The first-order valence-corrected chi connectivity index (χ1v) is 12.7. The number of ether oxygens (including phenoxy) is 1. The van der Waals surface area contributed by atoms with Gasteiger partial charge in [0.05, 0.1) is 33.9 Å². The van der Waals surface area contributed by atoms with Crippen molar-refractivity contribution >= 4 is 52.9 Å². The second kappa shape index (κ2) is 12.5. The van der Waals surface area contributed by atoms with Gasteiger partial charge in [-0.2, -0.15) is 0 Å². The first-order valence-electron chi connectivity index (χ1n) is 11.9. The first-order chi connectivity index (χ1) is 18.7. The van der Waals surface area contributed by atoms with Crippen LogP contribution in [0.5, 0.6) is 5.75 Å². The second-order valence-corrected chi connectivity index (χ2v) is 9.41. The molecule has 2 atom stereocenters. The zero-order valence-corrected chi connectivity index (χ0v) is 21.9. The maximum Gasteiger partial charge on any atom is 0.417 e. The number of aliphatic carboxylic acids is 1. The minimum Gasteiger partial charge on any atom is -0.480 e. The van der Waals surface area contributed by atoms with E-state index in [4.69, 9.17) is 27.9 Å². The Morgan fingerprint density at radius 2 is 1.69 bits per heavy atom. The summed E-state index contributed by atoms with van der Waals surface area (Å²) in [6, 6.07) is 16.5. The number of rotatable bonds is 8. The zero-order chi connectivity index (χ0) is 27.9. The Bertz CT molecular complexity index is 1400. The molecule has 0 fully saturated rings. The minimum absolute atomic E-state index is 0.0216. The maximum absolute atomic E-state index is 13.0. The van der Waals surface area contributed by atoms with E-state index < -0.39 is 36.6 Å². The standard InChI is InChI=1S/C27H24Cl2N4O6/c28-18-11-13-20(33-27(38)39-16-7-2-1-3-8-16)23(29)22(18)24(34)31-21(25(35)36)14-30-26(37)32-19-12-10-15-6-4-5-9-17(15)19/h1-9,11,13,19,21H,10,12,14H2,(H,31,34)(H,33,38)(H,35,36)(H2,30,32,37). The molecule has 202 valence electrons. The topological polar surface area (TPSA) is 146 Å². The average molecular weight is 571 g/mol. The van der Waals surface area contributed by atoms with Gasteiger partial charge in [-0.3, -0.25) is 10.1 Å². The number of fused-ring (bicyclic) bond motifs is 1. The van der Waals surface area contributed by atoms with E-state index in [2.05, 4.69) is 21.3 Å². The number of benzene rings is 3. The Labute approximate surface area is 233 Å². The third kappa shape index (κ3) is 6.98. The zero-order valence-electron chi connectivity index (χ0n) is 20.4. The summed E-state index contributed by atoms with van der Waals surface area (Å²) in [6.07, 6.45) is 0.695. The molecular weight excluding hydrogens is 547 g/mol. The average Bonchev–Trinajstić information content (AvgIpc) is 3.31. The number of hydrogen-bond acceptors (Lipinski definition) is 5. The van der Waals surface area contributed by atoms with Crippen LogP contribution in [-0.4, -0.2) is 41.7 Å². The van der Waals surface area contributed by atoms with Crippen LogP contribution in [0.2, 0.25) is 10.0 Å². The lowest BCUT2D eigenvalue weighted by atomic mass is 10.1. The van der Waals surface area contributed by atoms with Crippen molar-refractivity contribution in [2.45, 2.75) is 24.9 Å². The van der Waals surface area contributed by atoms with Gasteiger partial charge in [-0.15, -0.1) is 0 Å². The number of hydrogen-bond donors (Lipinski definition) is 5. The van der Waals surface area contributed by atoms with Gasteiger partial charge in [0.1, 0.15) is 11.8 Å². The highest BCUT2D eigenvalue weighted by molar-refractivity contribution is 6.41. The number of aryl methyl sites for hydroxylation is 1. The van der Waals surface area contributed by atoms with Crippen LogP contribution in [0.15, 0.2) is 66.7 Å². The number of carbonyl (C=O) groups is 4. The highest BCUT2D eigenvalue weighted by atomic mass is 35.5. The Hall–Kier alpha value is -4.28. The Morgan fingerprint density at radius 1 is 0.974 bits per heavy atom. The molecule has 0 aromatic heterocycles. The van der Waals surface area contributed by atoms with E-state index in [1.165, 1.54) is 12.1 Å². The van der Waals surface area contributed by atoms with E-state index in [1.54, 1.807) is 30.3 Å². The maximum atomic E-state index is 13.0. The molecule has 0 radical (unpaired) electrons. The van der Waals surface area contributed by atoms with Crippen LogP contribution in [0, 0.1) is 0 Å². The van der Waals surface area contributed by atoms with Crippen LogP contribution in [0.1, 0.15) is 33.9 Å². The van der Waals surface area contributed by atoms with Gasteiger partial charge < -0.3 is 25.8 Å². The molecule has 3 aromatic rings. The Balaban J connectivity index is 1.37. The van der Waals surface area contributed by atoms with E-state index >= 15 is 0 Å². The van der Waals surface area contributed by atoms with Gasteiger partial charge >= 0.3 is 18.1 Å². The van der Waals surface area contributed by atoms with Crippen molar-refractivity contribution in [3.05, 3.63) is 93.5 Å². The predicted molar refractivity (Wildman–Crippen MR) is 145 cm³/mol. The van der Waals surface area contributed by atoms with E-state index in [1.807, 2.05) is 24.3 Å². The van der Waals surface area contributed by atoms with Gasteiger partial charge in [-0.25, -0.2) is 14.4 Å². The second-order valence-electron chi connectivity index (χ2n) is 8.62. The van der Waals surface area contributed by atoms with E-state index in [0.29, 0.717) is 0 Å². The molecule has 1 aliphatic carbocycles. The van der Waals surface area contributed by atoms with E-state index in [-0.39, 0.29) is 33.1 Å². The third-order valence-electron chi connectivity index (χ3n) is 6.02. The van der Waals surface area contributed by atoms with E-state index in [0.717, 1.165) is 24.0 Å².